The fraction of sp³-hybridized carbons (Fsp3) is 0.179. The number of aromatic nitrogens is 3. The van der Waals surface area contributed by atoms with Gasteiger partial charge in [0.25, 0.3) is 0 Å². The number of imidazole rings is 1. The van der Waals surface area contributed by atoms with E-state index in [0.717, 1.165) is 70.6 Å². The van der Waals surface area contributed by atoms with E-state index in [9.17, 15) is 5.26 Å². The van der Waals surface area contributed by atoms with Gasteiger partial charge in [-0.3, -0.25) is 15.0 Å². The Morgan fingerprint density at radius 2 is 1.75 bits per heavy atom. The summed E-state index contributed by atoms with van der Waals surface area (Å²) in [4.78, 5) is 6.91. The van der Waals surface area contributed by atoms with E-state index < -0.39 is 0 Å². The number of pyridine rings is 1. The molecule has 2 N–H and O–H groups in total. The zero-order valence-corrected chi connectivity index (χ0v) is 20.5. The number of halogens is 1. The lowest BCUT2D eigenvalue weighted by Crippen LogP contribution is -2.43. The number of nitrogens with zero attached hydrogens (tertiary/aromatic N) is 5. The number of hydrogen-bond donors (Lipinski definition) is 2. The second-order valence-electron chi connectivity index (χ2n) is 9.00. The molecule has 0 bridgehead atoms. The molecular weight excluding hydrogens is 470 g/mol. The molecular formula is C28H24ClN7. The van der Waals surface area contributed by atoms with Gasteiger partial charge >= 0.3 is 0 Å². The van der Waals surface area contributed by atoms with Crippen LogP contribution in [0.3, 0.4) is 0 Å². The molecule has 1 fully saturated rings. The van der Waals surface area contributed by atoms with Gasteiger partial charge in [0.2, 0.25) is 5.62 Å². The van der Waals surface area contributed by atoms with Crippen LogP contribution in [0.15, 0.2) is 66.9 Å². The maximum atomic E-state index is 9.99. The number of aryl methyl sites for hydroxylation is 1. The molecule has 0 amide bonds. The summed E-state index contributed by atoms with van der Waals surface area (Å²) in [6.45, 7) is 3.53. The van der Waals surface area contributed by atoms with E-state index in [1.165, 1.54) is 0 Å². The van der Waals surface area contributed by atoms with Crippen molar-refractivity contribution in [3.63, 3.8) is 0 Å². The largest absolute Gasteiger partial charge is 0.368 e. The minimum atomic E-state index is 0.315. The highest BCUT2D eigenvalue weighted by molar-refractivity contribution is 6.30. The van der Waals surface area contributed by atoms with Crippen molar-refractivity contribution in [2.24, 2.45) is 7.05 Å². The molecule has 178 valence electrons. The third-order valence-corrected chi connectivity index (χ3v) is 7.18. The van der Waals surface area contributed by atoms with Crippen LogP contribution < -0.4 is 15.8 Å². The summed E-state index contributed by atoms with van der Waals surface area (Å²) in [5.74, 6) is 0. The summed E-state index contributed by atoms with van der Waals surface area (Å²) in [6, 6.07) is 22.2. The van der Waals surface area contributed by atoms with E-state index in [1.807, 2.05) is 70.9 Å². The lowest BCUT2D eigenvalue weighted by atomic mass is 10.0. The van der Waals surface area contributed by atoms with Crippen LogP contribution in [-0.2, 0) is 7.05 Å². The third-order valence-electron chi connectivity index (χ3n) is 6.93. The second-order valence-corrected chi connectivity index (χ2v) is 9.44. The first-order valence-electron chi connectivity index (χ1n) is 11.9. The lowest BCUT2D eigenvalue weighted by Gasteiger charge is -2.30. The third kappa shape index (κ3) is 3.63. The quantitative estimate of drug-likeness (QED) is 0.384. The maximum absolute atomic E-state index is 9.99. The Balaban J connectivity index is 1.58. The van der Waals surface area contributed by atoms with E-state index in [0.29, 0.717) is 16.2 Å². The summed E-state index contributed by atoms with van der Waals surface area (Å²) < 4.78 is 3.74. The summed E-state index contributed by atoms with van der Waals surface area (Å²) >= 11 is 6.10. The molecule has 7 nitrogen and oxygen atoms in total. The van der Waals surface area contributed by atoms with Gasteiger partial charge in [-0.1, -0.05) is 29.8 Å². The Bertz CT molecular complexity index is 1720. The van der Waals surface area contributed by atoms with Crippen LogP contribution in [0.2, 0.25) is 5.02 Å². The van der Waals surface area contributed by atoms with Crippen molar-refractivity contribution in [2.45, 2.75) is 0 Å². The summed E-state index contributed by atoms with van der Waals surface area (Å²) in [6.07, 6.45) is 1.81. The Hall–Kier alpha value is -4.12. The summed E-state index contributed by atoms with van der Waals surface area (Å²) in [5, 5.41) is 23.9. The maximum Gasteiger partial charge on any atom is 0.207 e. The average Bonchev–Trinajstić information content (AvgIpc) is 3.19. The van der Waals surface area contributed by atoms with Crippen LogP contribution in [0.1, 0.15) is 5.56 Å². The molecule has 0 atom stereocenters. The minimum absolute atomic E-state index is 0.315. The highest BCUT2D eigenvalue weighted by Crippen LogP contribution is 2.31. The van der Waals surface area contributed by atoms with Gasteiger partial charge in [0.1, 0.15) is 6.07 Å². The fourth-order valence-electron chi connectivity index (χ4n) is 5.03. The summed E-state index contributed by atoms with van der Waals surface area (Å²) in [7, 11) is 1.87. The Morgan fingerprint density at radius 1 is 1.00 bits per heavy atom. The molecule has 1 aliphatic heterocycles. The van der Waals surface area contributed by atoms with E-state index >= 15 is 0 Å². The zero-order valence-electron chi connectivity index (χ0n) is 19.8. The van der Waals surface area contributed by atoms with Crippen LogP contribution in [0.5, 0.6) is 0 Å². The molecule has 3 heterocycles. The van der Waals surface area contributed by atoms with Gasteiger partial charge in [0.15, 0.2) is 0 Å². The van der Waals surface area contributed by atoms with Gasteiger partial charge in [-0.2, -0.15) is 5.26 Å². The highest BCUT2D eigenvalue weighted by Gasteiger charge is 2.19. The van der Waals surface area contributed by atoms with Crippen molar-refractivity contribution in [1.29, 1.82) is 10.7 Å². The van der Waals surface area contributed by atoms with Crippen molar-refractivity contribution >= 4 is 39.2 Å². The van der Waals surface area contributed by atoms with Crippen LogP contribution in [0.4, 0.5) is 5.69 Å². The van der Waals surface area contributed by atoms with Gasteiger partial charge in [0.05, 0.1) is 39.7 Å². The van der Waals surface area contributed by atoms with Crippen LogP contribution in [0, 0.1) is 16.7 Å². The van der Waals surface area contributed by atoms with Gasteiger partial charge in [0, 0.05) is 43.6 Å². The van der Waals surface area contributed by atoms with Crippen molar-refractivity contribution in [3.8, 4) is 22.9 Å². The Morgan fingerprint density at radius 3 is 2.50 bits per heavy atom. The number of hydrogen-bond acceptors (Lipinski definition) is 5. The van der Waals surface area contributed by atoms with Crippen LogP contribution in [0.25, 0.3) is 38.8 Å². The van der Waals surface area contributed by atoms with Gasteiger partial charge in [-0.05, 0) is 53.6 Å². The molecule has 6 rings (SSSR count). The highest BCUT2D eigenvalue weighted by atomic mass is 35.5. The first-order chi connectivity index (χ1) is 17.5. The number of benzene rings is 3. The predicted molar refractivity (Wildman–Crippen MR) is 144 cm³/mol. The zero-order chi connectivity index (χ0) is 24.8. The SMILES string of the molecule is Cn1c(=N)n(-c2ccc(N3CCNCC3)c(C#N)c2)c2c3cc(-c4ccc(Cl)cc4)ccc3ncc21. The van der Waals surface area contributed by atoms with E-state index in [2.05, 4.69) is 33.4 Å². The topological polar surface area (TPSA) is 85.7 Å². The average molecular weight is 494 g/mol. The van der Waals surface area contributed by atoms with Crippen molar-refractivity contribution < 1.29 is 0 Å². The van der Waals surface area contributed by atoms with Crippen LogP contribution >= 0.6 is 11.6 Å². The normalized spacial score (nSPS) is 13.9. The molecule has 0 radical (unpaired) electrons. The molecule has 8 heteroatoms. The molecule has 1 aliphatic rings. The van der Waals surface area contributed by atoms with Crippen LogP contribution in [-0.4, -0.2) is 40.3 Å². The van der Waals surface area contributed by atoms with Gasteiger partial charge < -0.3 is 14.8 Å². The standard InChI is InChI=1S/C28H24ClN7/c1-34-26-17-33-24-8-4-19(18-2-5-21(29)6-3-18)15-23(24)27(26)36(28(34)31)22-7-9-25(20(14-22)16-30)35-12-10-32-11-13-35/h2-9,14-15,17,31-32H,10-13H2,1H3. The molecule has 0 unspecified atom stereocenters. The second kappa shape index (κ2) is 8.83. The number of nitrogens with one attached hydrogen (secondary N) is 2. The van der Waals surface area contributed by atoms with Gasteiger partial charge in [-0.25, -0.2) is 0 Å². The number of piperazine rings is 1. The molecule has 3 aromatic carbocycles. The van der Waals surface area contributed by atoms with E-state index in [4.69, 9.17) is 17.0 Å². The monoisotopic (exact) mass is 493 g/mol. The first-order valence-corrected chi connectivity index (χ1v) is 12.2. The van der Waals surface area contributed by atoms with E-state index in [-0.39, 0.29) is 0 Å². The fourth-order valence-corrected chi connectivity index (χ4v) is 5.15. The molecule has 0 saturated carbocycles. The molecule has 0 spiro atoms. The molecule has 0 aliphatic carbocycles. The van der Waals surface area contributed by atoms with Crippen molar-refractivity contribution in [3.05, 3.63) is 83.1 Å². The smallest absolute Gasteiger partial charge is 0.207 e. The number of anilines is 1. The molecule has 5 aromatic rings. The Kier molecular flexibility index (Phi) is 5.48. The molecule has 2 aromatic heterocycles. The van der Waals surface area contributed by atoms with Crippen molar-refractivity contribution in [2.75, 3.05) is 31.1 Å². The lowest BCUT2D eigenvalue weighted by molar-refractivity contribution is 0.589. The number of fused-ring (bicyclic) bond motifs is 3. The predicted octanol–water partition coefficient (Wildman–Crippen LogP) is 4.60. The van der Waals surface area contributed by atoms with E-state index in [1.54, 1.807) is 0 Å². The minimum Gasteiger partial charge on any atom is -0.368 e. The molecule has 36 heavy (non-hydrogen) atoms. The molecule has 1 saturated heterocycles. The van der Waals surface area contributed by atoms with Gasteiger partial charge in [-0.15, -0.1) is 0 Å². The first kappa shape index (κ1) is 22.4. The number of nitriles is 1. The number of rotatable bonds is 3. The summed E-state index contributed by atoms with van der Waals surface area (Å²) in [5.41, 5.74) is 7.33. The Labute approximate surface area is 213 Å². The van der Waals surface area contributed by atoms with Crippen molar-refractivity contribution in [1.82, 2.24) is 19.4 Å².